The van der Waals surface area contributed by atoms with E-state index in [1.807, 2.05) is 0 Å². The molecule has 0 aliphatic carbocycles. The van der Waals surface area contributed by atoms with Crippen molar-refractivity contribution < 1.29 is 22.7 Å². The SMILES string of the molecule is CC(=O)S(=O)(=O)c1ccc2c(c1)OCO2. The Morgan fingerprint density at radius 2 is 1.93 bits per heavy atom. The van der Waals surface area contributed by atoms with E-state index in [1.54, 1.807) is 0 Å². The third kappa shape index (κ3) is 1.56. The van der Waals surface area contributed by atoms with Gasteiger partial charge in [0.1, 0.15) is 0 Å². The zero-order valence-electron chi connectivity index (χ0n) is 7.89. The van der Waals surface area contributed by atoms with Gasteiger partial charge < -0.3 is 9.47 Å². The predicted molar refractivity (Wildman–Crippen MR) is 50.4 cm³/mol. The Bertz CT molecular complexity index is 517. The number of carbonyl (C=O) groups is 1. The fourth-order valence-electron chi connectivity index (χ4n) is 1.21. The molecule has 1 aliphatic heterocycles. The fourth-order valence-corrected chi connectivity index (χ4v) is 2.05. The number of hydrogen-bond acceptors (Lipinski definition) is 5. The van der Waals surface area contributed by atoms with Crippen LogP contribution in [0.3, 0.4) is 0 Å². The second-order valence-corrected chi connectivity index (χ2v) is 5.06. The molecular formula is C9H8O5S. The number of carbonyl (C=O) groups excluding carboxylic acids is 1. The molecule has 0 unspecified atom stereocenters. The highest BCUT2D eigenvalue weighted by molar-refractivity contribution is 8.06. The summed E-state index contributed by atoms with van der Waals surface area (Å²) in [6, 6.07) is 4.08. The minimum absolute atomic E-state index is 0.0684. The lowest BCUT2D eigenvalue weighted by Crippen LogP contribution is -2.10. The molecule has 0 amide bonds. The van der Waals surface area contributed by atoms with E-state index in [1.165, 1.54) is 18.2 Å². The monoisotopic (exact) mass is 228 g/mol. The van der Waals surface area contributed by atoms with Gasteiger partial charge >= 0.3 is 0 Å². The van der Waals surface area contributed by atoms with Crippen LogP contribution in [0.1, 0.15) is 6.92 Å². The van der Waals surface area contributed by atoms with E-state index in [-0.39, 0.29) is 11.7 Å². The highest BCUT2D eigenvalue weighted by atomic mass is 32.2. The van der Waals surface area contributed by atoms with Gasteiger partial charge in [-0.05, 0) is 12.1 Å². The summed E-state index contributed by atoms with van der Waals surface area (Å²) in [4.78, 5) is 10.8. The highest BCUT2D eigenvalue weighted by Gasteiger charge is 2.23. The molecule has 0 spiro atoms. The first kappa shape index (κ1) is 9.97. The maximum Gasteiger partial charge on any atom is 0.248 e. The molecule has 0 bridgehead atoms. The smallest absolute Gasteiger partial charge is 0.248 e. The summed E-state index contributed by atoms with van der Waals surface area (Å²) in [7, 11) is -3.87. The molecule has 0 aromatic heterocycles. The number of ether oxygens (including phenoxy) is 2. The Morgan fingerprint density at radius 1 is 1.27 bits per heavy atom. The first-order valence-corrected chi connectivity index (χ1v) is 5.65. The lowest BCUT2D eigenvalue weighted by molar-refractivity contribution is -0.109. The Hall–Kier alpha value is -1.56. The summed E-state index contributed by atoms with van der Waals surface area (Å²) in [6.07, 6.45) is 0. The average Bonchev–Trinajstić information content (AvgIpc) is 2.63. The minimum Gasteiger partial charge on any atom is -0.454 e. The fraction of sp³-hybridized carbons (Fsp3) is 0.222. The first-order valence-electron chi connectivity index (χ1n) is 4.17. The molecule has 1 heterocycles. The molecule has 15 heavy (non-hydrogen) atoms. The van der Waals surface area contributed by atoms with E-state index in [4.69, 9.17) is 9.47 Å². The molecule has 1 aromatic rings. The lowest BCUT2D eigenvalue weighted by Gasteiger charge is -2.01. The van der Waals surface area contributed by atoms with E-state index < -0.39 is 15.0 Å². The molecule has 1 aromatic carbocycles. The molecular weight excluding hydrogens is 220 g/mol. The summed E-state index contributed by atoms with van der Waals surface area (Å²) in [5, 5.41) is -0.888. The lowest BCUT2D eigenvalue weighted by atomic mass is 10.3. The van der Waals surface area contributed by atoms with Gasteiger partial charge in [-0.2, -0.15) is 0 Å². The molecule has 2 rings (SSSR count). The molecule has 0 saturated heterocycles. The Balaban J connectivity index is 2.52. The van der Waals surface area contributed by atoms with Gasteiger partial charge in [-0.3, -0.25) is 4.79 Å². The van der Waals surface area contributed by atoms with Gasteiger partial charge in [0.25, 0.3) is 0 Å². The second kappa shape index (κ2) is 3.23. The standard InChI is InChI=1S/C9H8O5S/c1-6(10)15(11,12)7-2-3-8-9(4-7)14-5-13-8/h2-4H,5H2,1H3. The zero-order chi connectivity index (χ0) is 11.1. The van der Waals surface area contributed by atoms with E-state index in [2.05, 4.69) is 0 Å². The van der Waals surface area contributed by atoms with Crippen LogP contribution in [0.25, 0.3) is 0 Å². The van der Waals surface area contributed by atoms with Crippen molar-refractivity contribution >= 4 is 15.0 Å². The zero-order valence-corrected chi connectivity index (χ0v) is 8.71. The van der Waals surface area contributed by atoms with Crippen LogP contribution in [0.15, 0.2) is 23.1 Å². The molecule has 5 nitrogen and oxygen atoms in total. The average molecular weight is 228 g/mol. The normalized spacial score (nSPS) is 13.9. The number of hydrogen-bond donors (Lipinski definition) is 0. The molecule has 0 saturated carbocycles. The highest BCUT2D eigenvalue weighted by Crippen LogP contribution is 2.34. The third-order valence-electron chi connectivity index (χ3n) is 2.03. The molecule has 0 N–H and O–H groups in total. The van der Waals surface area contributed by atoms with Crippen molar-refractivity contribution in [3.8, 4) is 11.5 Å². The van der Waals surface area contributed by atoms with Crippen molar-refractivity contribution in [2.45, 2.75) is 11.8 Å². The Labute approximate surface area is 86.5 Å². The molecule has 80 valence electrons. The van der Waals surface area contributed by atoms with Crippen molar-refractivity contribution in [1.82, 2.24) is 0 Å². The Kier molecular flexibility index (Phi) is 2.15. The van der Waals surface area contributed by atoms with Crippen LogP contribution in [0, 0.1) is 0 Å². The summed E-state index contributed by atoms with van der Waals surface area (Å²) in [6.45, 7) is 1.08. The first-order chi connectivity index (χ1) is 7.01. The maximum absolute atomic E-state index is 11.5. The molecule has 0 fully saturated rings. The van der Waals surface area contributed by atoms with E-state index in [0.29, 0.717) is 11.5 Å². The number of sulfone groups is 1. The summed E-state index contributed by atoms with van der Waals surface area (Å²) in [5.41, 5.74) is 0. The van der Waals surface area contributed by atoms with Crippen LogP contribution >= 0.6 is 0 Å². The van der Waals surface area contributed by atoms with Gasteiger partial charge in [0.05, 0.1) is 4.90 Å². The number of rotatable bonds is 1. The third-order valence-corrected chi connectivity index (χ3v) is 3.66. The molecule has 1 aliphatic rings. The van der Waals surface area contributed by atoms with Gasteiger partial charge in [0.2, 0.25) is 21.7 Å². The predicted octanol–water partition coefficient (Wildman–Crippen LogP) is 0.736. The molecule has 0 radical (unpaired) electrons. The second-order valence-electron chi connectivity index (χ2n) is 3.01. The molecule has 0 atom stereocenters. The quantitative estimate of drug-likeness (QED) is 0.708. The van der Waals surface area contributed by atoms with Crippen molar-refractivity contribution in [2.75, 3.05) is 6.79 Å². The summed E-state index contributed by atoms with van der Waals surface area (Å²) < 4.78 is 33.0. The number of fused-ring (bicyclic) bond motifs is 1. The summed E-state index contributed by atoms with van der Waals surface area (Å²) >= 11 is 0. The van der Waals surface area contributed by atoms with Gasteiger partial charge in [0, 0.05) is 13.0 Å². The van der Waals surface area contributed by atoms with Crippen LogP contribution < -0.4 is 9.47 Å². The van der Waals surface area contributed by atoms with Crippen LogP contribution in [-0.2, 0) is 14.6 Å². The van der Waals surface area contributed by atoms with E-state index in [0.717, 1.165) is 6.92 Å². The van der Waals surface area contributed by atoms with Crippen LogP contribution in [0.5, 0.6) is 11.5 Å². The maximum atomic E-state index is 11.5. The minimum atomic E-state index is -3.87. The van der Waals surface area contributed by atoms with Crippen molar-refractivity contribution in [3.05, 3.63) is 18.2 Å². The van der Waals surface area contributed by atoms with E-state index in [9.17, 15) is 13.2 Å². The van der Waals surface area contributed by atoms with Crippen molar-refractivity contribution in [2.24, 2.45) is 0 Å². The number of benzene rings is 1. The molecule has 6 heteroatoms. The largest absolute Gasteiger partial charge is 0.454 e. The van der Waals surface area contributed by atoms with Crippen molar-refractivity contribution in [3.63, 3.8) is 0 Å². The van der Waals surface area contributed by atoms with E-state index >= 15 is 0 Å². The van der Waals surface area contributed by atoms with Crippen LogP contribution in [0.4, 0.5) is 0 Å². The van der Waals surface area contributed by atoms with Crippen LogP contribution in [0.2, 0.25) is 0 Å². The van der Waals surface area contributed by atoms with Gasteiger partial charge in [-0.15, -0.1) is 0 Å². The van der Waals surface area contributed by atoms with Gasteiger partial charge in [-0.1, -0.05) is 0 Å². The van der Waals surface area contributed by atoms with Gasteiger partial charge in [0.15, 0.2) is 11.5 Å². The Morgan fingerprint density at radius 3 is 2.60 bits per heavy atom. The topological polar surface area (TPSA) is 69.7 Å². The summed E-state index contributed by atoms with van der Waals surface area (Å²) in [5.74, 6) is 0.829. The van der Waals surface area contributed by atoms with Crippen LogP contribution in [-0.4, -0.2) is 20.3 Å². The van der Waals surface area contributed by atoms with Crippen molar-refractivity contribution in [1.29, 1.82) is 0 Å². The van der Waals surface area contributed by atoms with Gasteiger partial charge in [-0.25, -0.2) is 8.42 Å².